The van der Waals surface area contributed by atoms with E-state index < -0.39 is 0 Å². The van der Waals surface area contributed by atoms with Gasteiger partial charge in [-0.25, -0.2) is 5.57 Å². The molecule has 0 fully saturated rings. The second-order valence-corrected chi connectivity index (χ2v) is 7.20. The topological polar surface area (TPSA) is 40.5 Å². The number of phenols is 2. The molecule has 0 aliphatic heterocycles. The Labute approximate surface area is 191 Å². The number of hydrogen-bond donors (Lipinski definition) is 2. The van der Waals surface area contributed by atoms with Crippen LogP contribution in [0.4, 0.5) is 0 Å². The van der Waals surface area contributed by atoms with E-state index in [2.05, 4.69) is 40.7 Å². The summed E-state index contributed by atoms with van der Waals surface area (Å²) in [5.74, 6) is 0.736. The summed E-state index contributed by atoms with van der Waals surface area (Å²) in [5, 5.41) is 17.8. The van der Waals surface area contributed by atoms with E-state index in [9.17, 15) is 0 Å². The van der Waals surface area contributed by atoms with Gasteiger partial charge in [-0.3, -0.25) is 6.08 Å². The summed E-state index contributed by atoms with van der Waals surface area (Å²) in [4.78, 5) is 0. The van der Waals surface area contributed by atoms with E-state index in [1.807, 2.05) is 50.2 Å². The van der Waals surface area contributed by atoms with Gasteiger partial charge in [0.05, 0.1) is 0 Å². The van der Waals surface area contributed by atoms with Crippen molar-refractivity contribution in [1.82, 2.24) is 0 Å². The zero-order valence-electron chi connectivity index (χ0n) is 17.9. The third kappa shape index (κ3) is 8.69. The summed E-state index contributed by atoms with van der Waals surface area (Å²) in [6.45, 7) is 14.7. The van der Waals surface area contributed by atoms with Gasteiger partial charge in [-0.15, -0.1) is 6.92 Å². The van der Waals surface area contributed by atoms with Crippen LogP contribution in [0.1, 0.15) is 45.7 Å². The molecule has 2 aromatic carbocycles. The van der Waals surface area contributed by atoms with Crippen LogP contribution in [0, 0.1) is 25.3 Å². The Hall–Kier alpha value is -1.48. The van der Waals surface area contributed by atoms with Gasteiger partial charge >= 0.3 is 21.7 Å². The van der Waals surface area contributed by atoms with Gasteiger partial charge in [0.1, 0.15) is 11.5 Å². The van der Waals surface area contributed by atoms with Crippen molar-refractivity contribution in [2.75, 3.05) is 0 Å². The normalized spacial score (nSPS) is 13.6. The molecular formula is C24H31ClO2Ti. The van der Waals surface area contributed by atoms with Crippen molar-refractivity contribution in [1.29, 1.82) is 0 Å². The molecule has 0 spiro atoms. The quantitative estimate of drug-likeness (QED) is 0.492. The molecule has 1 aliphatic carbocycles. The molecule has 0 atom stereocenters. The molecule has 4 heteroatoms. The van der Waals surface area contributed by atoms with Crippen molar-refractivity contribution >= 4 is 0 Å². The van der Waals surface area contributed by atoms with Gasteiger partial charge < -0.3 is 22.6 Å². The minimum absolute atomic E-state index is 0. The third-order valence-corrected chi connectivity index (χ3v) is 4.79. The molecule has 0 saturated carbocycles. The largest absolute Gasteiger partial charge is 2.00 e. The average molecular weight is 435 g/mol. The Morgan fingerprint density at radius 1 is 0.714 bits per heavy atom. The van der Waals surface area contributed by atoms with E-state index in [1.165, 1.54) is 16.7 Å². The van der Waals surface area contributed by atoms with Gasteiger partial charge in [-0.1, -0.05) is 69.5 Å². The first-order valence-corrected chi connectivity index (χ1v) is 8.85. The van der Waals surface area contributed by atoms with E-state index in [-0.39, 0.29) is 39.5 Å². The molecule has 0 saturated heterocycles. The summed E-state index contributed by atoms with van der Waals surface area (Å²) < 4.78 is 0. The SMILES string of the molecule is CC1=[C-]C(C)(C)C(C)=C1C.Cc1ccccc1O.Cc1ccccc1O.[Cl-].[Ti+2]. The maximum atomic E-state index is 8.92. The smallest absolute Gasteiger partial charge is 1.00 e. The first-order chi connectivity index (χ1) is 12.1. The molecule has 0 radical (unpaired) electrons. The van der Waals surface area contributed by atoms with Gasteiger partial charge in [0.2, 0.25) is 0 Å². The van der Waals surface area contributed by atoms with Gasteiger partial charge in [0, 0.05) is 0 Å². The third-order valence-electron chi connectivity index (χ3n) is 4.79. The second kappa shape index (κ2) is 12.9. The summed E-state index contributed by atoms with van der Waals surface area (Å²) in [7, 11) is 0. The number of para-hydroxylation sites is 2. The molecule has 0 aromatic heterocycles. The fourth-order valence-corrected chi connectivity index (χ4v) is 2.53. The number of phenolic OH excluding ortho intramolecular Hbond substituents is 2. The molecule has 2 aromatic rings. The Kier molecular flexibility index (Phi) is 13.2. The van der Waals surface area contributed by atoms with Crippen molar-refractivity contribution in [3.63, 3.8) is 0 Å². The standard InChI is InChI=1S/C10H15.2C7H8O.ClH.Ti/c1-7-6-10(4,5)9(3)8(7)2;2*1-6-4-2-3-5-7(6)8;;/h1-5H3;2*2-5,8H,1H3;1H;/q-1;;;;+2/p-1. The molecule has 0 heterocycles. The molecule has 0 bridgehead atoms. The van der Waals surface area contributed by atoms with Crippen LogP contribution < -0.4 is 12.4 Å². The summed E-state index contributed by atoms with van der Waals surface area (Å²) in [6.07, 6.45) is 3.44. The Balaban J connectivity index is 0. The maximum absolute atomic E-state index is 8.92. The zero-order valence-corrected chi connectivity index (χ0v) is 20.2. The van der Waals surface area contributed by atoms with Crippen molar-refractivity contribution in [3.8, 4) is 11.5 Å². The molecule has 0 unspecified atom stereocenters. The van der Waals surface area contributed by atoms with Gasteiger partial charge in [0.25, 0.3) is 0 Å². The summed E-state index contributed by atoms with van der Waals surface area (Å²) in [6, 6.07) is 14.5. The number of benzene rings is 2. The van der Waals surface area contributed by atoms with Crippen molar-refractivity contribution in [2.45, 2.75) is 48.5 Å². The summed E-state index contributed by atoms with van der Waals surface area (Å²) in [5.41, 5.74) is 6.24. The first-order valence-electron chi connectivity index (χ1n) is 8.85. The molecule has 3 rings (SSSR count). The van der Waals surface area contributed by atoms with Crippen LogP contribution >= 0.6 is 0 Å². The fourth-order valence-electron chi connectivity index (χ4n) is 2.53. The van der Waals surface area contributed by atoms with E-state index in [0.717, 1.165) is 11.1 Å². The average Bonchev–Trinajstić information content (AvgIpc) is 2.76. The number of rotatable bonds is 0. The van der Waals surface area contributed by atoms with Gasteiger partial charge in [0.15, 0.2) is 0 Å². The minimum Gasteiger partial charge on any atom is -1.00 e. The number of aryl methyl sites for hydroxylation is 2. The van der Waals surface area contributed by atoms with E-state index in [0.29, 0.717) is 11.5 Å². The van der Waals surface area contributed by atoms with E-state index in [1.54, 1.807) is 12.1 Å². The van der Waals surface area contributed by atoms with Crippen molar-refractivity contribution < 1.29 is 44.3 Å². The van der Waals surface area contributed by atoms with Crippen LogP contribution in [-0.4, -0.2) is 10.2 Å². The molecule has 2 nitrogen and oxygen atoms in total. The van der Waals surface area contributed by atoms with Gasteiger partial charge in [-0.05, 0) is 37.1 Å². The van der Waals surface area contributed by atoms with Crippen molar-refractivity contribution in [3.05, 3.63) is 82.5 Å². The van der Waals surface area contributed by atoms with Gasteiger partial charge in [-0.2, -0.15) is 11.1 Å². The van der Waals surface area contributed by atoms with Crippen LogP contribution in [0.15, 0.2) is 65.3 Å². The van der Waals surface area contributed by atoms with Crippen LogP contribution in [0.3, 0.4) is 0 Å². The number of allylic oxidation sites excluding steroid dienone is 4. The van der Waals surface area contributed by atoms with Crippen molar-refractivity contribution in [2.24, 2.45) is 5.41 Å². The number of hydrogen-bond acceptors (Lipinski definition) is 2. The predicted octanol–water partition coefficient (Wildman–Crippen LogP) is 3.51. The first kappa shape index (κ1) is 28.7. The molecule has 28 heavy (non-hydrogen) atoms. The zero-order chi connectivity index (χ0) is 19.9. The fraction of sp³-hybridized carbons (Fsp3) is 0.333. The maximum Gasteiger partial charge on any atom is 2.00 e. The molecule has 150 valence electrons. The van der Waals surface area contributed by atoms with Crippen LogP contribution in [0.5, 0.6) is 11.5 Å². The Bertz CT molecular complexity index is 722. The summed E-state index contributed by atoms with van der Waals surface area (Å²) >= 11 is 0. The predicted molar refractivity (Wildman–Crippen MR) is 110 cm³/mol. The van der Waals surface area contributed by atoms with Crippen LogP contribution in [0.2, 0.25) is 0 Å². The molecule has 1 aliphatic rings. The van der Waals surface area contributed by atoms with Crippen LogP contribution in [0.25, 0.3) is 0 Å². The number of halogens is 1. The molecule has 0 amide bonds. The minimum atomic E-state index is 0. The van der Waals surface area contributed by atoms with Crippen LogP contribution in [-0.2, 0) is 21.7 Å². The van der Waals surface area contributed by atoms with E-state index >= 15 is 0 Å². The van der Waals surface area contributed by atoms with E-state index in [4.69, 9.17) is 10.2 Å². The second-order valence-electron chi connectivity index (χ2n) is 7.20. The number of aromatic hydroxyl groups is 2. The Morgan fingerprint density at radius 2 is 1.07 bits per heavy atom. The monoisotopic (exact) mass is 434 g/mol. The molecule has 2 N–H and O–H groups in total. The Morgan fingerprint density at radius 3 is 1.21 bits per heavy atom. The molecular weight excluding hydrogens is 404 g/mol.